The lowest BCUT2D eigenvalue weighted by molar-refractivity contribution is -0.383. The van der Waals surface area contributed by atoms with Gasteiger partial charge >= 0.3 is 5.69 Å². The van der Waals surface area contributed by atoms with Gasteiger partial charge in [-0.2, -0.15) is 0 Å². The van der Waals surface area contributed by atoms with E-state index in [-0.39, 0.29) is 17.7 Å². The maximum atomic E-state index is 10.8. The van der Waals surface area contributed by atoms with Crippen molar-refractivity contribution in [3.63, 3.8) is 0 Å². The van der Waals surface area contributed by atoms with Crippen LogP contribution in [0.3, 0.4) is 0 Å². The summed E-state index contributed by atoms with van der Waals surface area (Å²) in [7, 11) is 0. The normalized spacial score (nSPS) is 12.2. The zero-order valence-corrected chi connectivity index (χ0v) is 8.66. The Morgan fingerprint density at radius 3 is 3.06 bits per heavy atom. The van der Waals surface area contributed by atoms with E-state index < -0.39 is 11.0 Å². The Labute approximate surface area is 96.0 Å². The van der Waals surface area contributed by atoms with Crippen molar-refractivity contribution >= 4 is 16.7 Å². The number of terminal acetylenes is 1. The maximum absolute atomic E-state index is 10.8. The second-order valence-corrected chi connectivity index (χ2v) is 3.47. The van der Waals surface area contributed by atoms with E-state index in [4.69, 9.17) is 10.9 Å². The van der Waals surface area contributed by atoms with Gasteiger partial charge in [-0.1, -0.05) is 5.16 Å². The molecule has 2 rings (SSSR count). The van der Waals surface area contributed by atoms with Crippen molar-refractivity contribution in [2.24, 2.45) is 0 Å². The van der Waals surface area contributed by atoms with Crippen molar-refractivity contribution in [3.05, 3.63) is 34.0 Å². The Bertz CT molecular complexity index is 611. The van der Waals surface area contributed by atoms with Gasteiger partial charge in [0.15, 0.2) is 0 Å². The second-order valence-electron chi connectivity index (χ2n) is 3.47. The summed E-state index contributed by atoms with van der Waals surface area (Å²) in [6, 6.07) is 2.82. The van der Waals surface area contributed by atoms with Gasteiger partial charge in [-0.05, 0) is 11.6 Å². The van der Waals surface area contributed by atoms with Crippen LogP contribution in [0.1, 0.15) is 18.1 Å². The molecule has 1 heterocycles. The lowest BCUT2D eigenvalue weighted by Gasteiger charge is -2.06. The smallest absolute Gasteiger partial charge is 0.315 e. The van der Waals surface area contributed by atoms with E-state index in [1.807, 2.05) is 0 Å². The number of hydrogen-bond donors (Lipinski definition) is 1. The van der Waals surface area contributed by atoms with Crippen molar-refractivity contribution in [1.82, 2.24) is 5.16 Å². The van der Waals surface area contributed by atoms with Gasteiger partial charge in [0.1, 0.15) is 0 Å². The molecule has 6 nitrogen and oxygen atoms in total. The Hall–Kier alpha value is -2.39. The molecule has 0 aliphatic heterocycles. The van der Waals surface area contributed by atoms with Crippen molar-refractivity contribution in [3.8, 4) is 12.3 Å². The minimum atomic E-state index is -0.932. The molecule has 6 heteroatoms. The summed E-state index contributed by atoms with van der Waals surface area (Å²) >= 11 is 0. The summed E-state index contributed by atoms with van der Waals surface area (Å²) in [5.41, 5.74) is 0.239. The molecule has 1 aromatic heterocycles. The fraction of sp³-hybridized carbons (Fsp3) is 0.182. The Balaban J connectivity index is 2.59. The van der Waals surface area contributed by atoms with Crippen LogP contribution in [-0.4, -0.2) is 15.2 Å². The van der Waals surface area contributed by atoms with E-state index in [1.54, 1.807) is 6.07 Å². The second kappa shape index (κ2) is 4.23. The number of nitrogens with zero attached hydrogens (tertiary/aromatic N) is 2. The standard InChI is InChI=1S/C11H8N2O4/c1-2-3-10(14)7-4-8-6-12-17-11(8)9(5-7)13(15)16/h1,4-6,10,14H,3H2. The van der Waals surface area contributed by atoms with Crippen molar-refractivity contribution < 1.29 is 14.6 Å². The van der Waals surface area contributed by atoms with Crippen LogP contribution in [0.25, 0.3) is 11.0 Å². The molecular formula is C11H8N2O4. The van der Waals surface area contributed by atoms with Gasteiger partial charge in [0.2, 0.25) is 5.58 Å². The molecule has 0 saturated heterocycles. The summed E-state index contributed by atoms with van der Waals surface area (Å²) in [4.78, 5) is 10.3. The van der Waals surface area contributed by atoms with Gasteiger partial charge < -0.3 is 9.63 Å². The first-order valence-electron chi connectivity index (χ1n) is 4.77. The van der Waals surface area contributed by atoms with E-state index >= 15 is 0 Å². The monoisotopic (exact) mass is 232 g/mol. The molecule has 17 heavy (non-hydrogen) atoms. The minimum Gasteiger partial charge on any atom is -0.387 e. The van der Waals surface area contributed by atoms with Gasteiger partial charge in [0.25, 0.3) is 0 Å². The number of rotatable bonds is 3. The zero-order valence-electron chi connectivity index (χ0n) is 8.66. The molecule has 1 unspecified atom stereocenters. The number of non-ortho nitro benzene ring substituents is 1. The third kappa shape index (κ3) is 1.96. The molecule has 0 radical (unpaired) electrons. The molecule has 1 N–H and O–H groups in total. The van der Waals surface area contributed by atoms with Crippen molar-refractivity contribution in [1.29, 1.82) is 0 Å². The molecular weight excluding hydrogens is 224 g/mol. The van der Waals surface area contributed by atoms with Gasteiger partial charge in [-0.15, -0.1) is 12.3 Å². The highest BCUT2D eigenvalue weighted by atomic mass is 16.6. The molecule has 2 aromatic rings. The van der Waals surface area contributed by atoms with Crippen LogP contribution in [0.5, 0.6) is 0 Å². The molecule has 0 fully saturated rings. The fourth-order valence-corrected chi connectivity index (χ4v) is 1.55. The largest absolute Gasteiger partial charge is 0.387 e. The average Bonchev–Trinajstić information content (AvgIpc) is 2.75. The van der Waals surface area contributed by atoms with Crippen molar-refractivity contribution in [2.75, 3.05) is 0 Å². The topological polar surface area (TPSA) is 89.4 Å². The highest BCUT2D eigenvalue weighted by molar-refractivity contribution is 5.85. The van der Waals surface area contributed by atoms with Gasteiger partial charge in [0, 0.05) is 17.9 Å². The van der Waals surface area contributed by atoms with Crippen LogP contribution in [0.15, 0.2) is 22.9 Å². The molecule has 0 amide bonds. The predicted molar refractivity (Wildman–Crippen MR) is 59.1 cm³/mol. The molecule has 1 atom stereocenters. The van der Waals surface area contributed by atoms with E-state index in [9.17, 15) is 15.2 Å². The maximum Gasteiger partial charge on any atom is 0.315 e. The van der Waals surface area contributed by atoms with Crippen LogP contribution in [0, 0.1) is 22.5 Å². The predicted octanol–water partition coefficient (Wildman–Crippen LogP) is 1.79. The van der Waals surface area contributed by atoms with Crippen LogP contribution in [0.4, 0.5) is 5.69 Å². The summed E-state index contributed by atoms with van der Waals surface area (Å²) in [5, 5.41) is 24.5. The highest BCUT2D eigenvalue weighted by Gasteiger charge is 2.20. The SMILES string of the molecule is C#CCC(O)c1cc([N+](=O)[O-])c2oncc2c1. The number of aromatic nitrogens is 1. The first-order valence-corrected chi connectivity index (χ1v) is 4.77. The number of aliphatic hydroxyl groups excluding tert-OH is 1. The molecule has 0 aliphatic carbocycles. The fourth-order valence-electron chi connectivity index (χ4n) is 1.55. The Morgan fingerprint density at radius 2 is 2.41 bits per heavy atom. The summed E-state index contributed by atoms with van der Waals surface area (Å²) in [5.74, 6) is 2.30. The number of benzene rings is 1. The number of nitro benzene ring substituents is 1. The average molecular weight is 232 g/mol. The molecule has 0 spiro atoms. The van der Waals surface area contributed by atoms with Gasteiger partial charge in [-0.3, -0.25) is 10.1 Å². The zero-order chi connectivity index (χ0) is 12.4. The lowest BCUT2D eigenvalue weighted by Crippen LogP contribution is -1.98. The van der Waals surface area contributed by atoms with E-state index in [0.717, 1.165) is 0 Å². The van der Waals surface area contributed by atoms with E-state index in [1.165, 1.54) is 12.3 Å². The number of fused-ring (bicyclic) bond motifs is 1. The quantitative estimate of drug-likeness (QED) is 0.495. The first-order chi connectivity index (χ1) is 8.13. The molecule has 0 saturated carbocycles. The Morgan fingerprint density at radius 1 is 1.65 bits per heavy atom. The highest BCUT2D eigenvalue weighted by Crippen LogP contribution is 2.30. The van der Waals surface area contributed by atoms with E-state index in [0.29, 0.717) is 10.9 Å². The first kappa shape index (κ1) is 11.1. The van der Waals surface area contributed by atoms with Crippen molar-refractivity contribution in [2.45, 2.75) is 12.5 Å². The van der Waals surface area contributed by atoms with Crippen LogP contribution < -0.4 is 0 Å². The van der Waals surface area contributed by atoms with Crippen LogP contribution >= 0.6 is 0 Å². The molecule has 0 bridgehead atoms. The van der Waals surface area contributed by atoms with E-state index in [2.05, 4.69) is 11.1 Å². The third-order valence-electron chi connectivity index (χ3n) is 2.35. The molecule has 86 valence electrons. The Kier molecular flexibility index (Phi) is 2.77. The summed E-state index contributed by atoms with van der Waals surface area (Å²) in [6.45, 7) is 0. The van der Waals surface area contributed by atoms with Crippen LogP contribution in [-0.2, 0) is 0 Å². The van der Waals surface area contributed by atoms with Gasteiger partial charge in [0.05, 0.1) is 17.2 Å². The molecule has 0 aliphatic rings. The summed E-state index contributed by atoms with van der Waals surface area (Å²) < 4.78 is 4.79. The third-order valence-corrected chi connectivity index (χ3v) is 2.35. The van der Waals surface area contributed by atoms with Crippen LogP contribution in [0.2, 0.25) is 0 Å². The minimum absolute atomic E-state index is 0.0895. The van der Waals surface area contributed by atoms with Gasteiger partial charge in [-0.25, -0.2) is 0 Å². The lowest BCUT2D eigenvalue weighted by atomic mass is 10.0. The summed E-state index contributed by atoms with van der Waals surface area (Å²) in [6.07, 6.45) is 5.60. The number of aliphatic hydroxyl groups is 1. The number of nitro groups is 1. The molecule has 1 aromatic carbocycles. The number of hydrogen-bond acceptors (Lipinski definition) is 5.